The van der Waals surface area contributed by atoms with Gasteiger partial charge in [-0.1, -0.05) is 11.8 Å². The first-order chi connectivity index (χ1) is 6.29. The van der Waals surface area contributed by atoms with E-state index in [1.165, 1.54) is 0 Å². The Morgan fingerprint density at radius 1 is 1.62 bits per heavy atom. The molecule has 0 aromatic carbocycles. The van der Waals surface area contributed by atoms with Gasteiger partial charge in [0.1, 0.15) is 0 Å². The number of aryl methyl sites for hydroxylation is 1. The van der Waals surface area contributed by atoms with Gasteiger partial charge >= 0.3 is 0 Å². The lowest BCUT2D eigenvalue weighted by molar-refractivity contribution is 0.639. The van der Waals surface area contributed by atoms with Crippen molar-refractivity contribution in [2.75, 3.05) is 13.6 Å². The molecule has 0 atom stereocenters. The molecule has 0 aliphatic rings. The molecule has 13 heavy (non-hydrogen) atoms. The van der Waals surface area contributed by atoms with E-state index in [4.69, 9.17) is 0 Å². The maximum Gasteiger partial charge on any atom is 0.0655 e. The van der Waals surface area contributed by atoms with Gasteiger partial charge in [0.2, 0.25) is 0 Å². The van der Waals surface area contributed by atoms with Crippen LogP contribution in [0.1, 0.15) is 18.2 Å². The average Bonchev–Trinajstić information content (AvgIpc) is 2.48. The summed E-state index contributed by atoms with van der Waals surface area (Å²) >= 11 is 0. The largest absolute Gasteiger partial charge is 0.309 e. The van der Waals surface area contributed by atoms with Gasteiger partial charge in [-0.25, -0.2) is 0 Å². The minimum Gasteiger partial charge on any atom is -0.309 e. The highest BCUT2D eigenvalue weighted by Gasteiger charge is 2.00. The minimum atomic E-state index is 0.719. The zero-order valence-electron chi connectivity index (χ0n) is 8.39. The summed E-state index contributed by atoms with van der Waals surface area (Å²) in [6.07, 6.45) is 1.82. The van der Waals surface area contributed by atoms with Gasteiger partial charge < -0.3 is 5.32 Å². The first-order valence-electron chi connectivity index (χ1n) is 4.45. The molecule has 1 aromatic heterocycles. The molecule has 1 heterocycles. The van der Waals surface area contributed by atoms with E-state index in [9.17, 15) is 0 Å². The highest BCUT2D eigenvalue weighted by atomic mass is 15.3. The first kappa shape index (κ1) is 9.82. The van der Waals surface area contributed by atoms with Crippen molar-refractivity contribution in [3.63, 3.8) is 0 Å². The highest BCUT2D eigenvalue weighted by Crippen LogP contribution is 2.04. The van der Waals surface area contributed by atoms with Gasteiger partial charge in [-0.05, 0) is 20.9 Å². The molecule has 3 heteroatoms. The lowest BCUT2D eigenvalue weighted by Crippen LogP contribution is -2.04. The van der Waals surface area contributed by atoms with Crippen LogP contribution in [0, 0.1) is 18.8 Å². The molecule has 0 saturated carbocycles. The Labute approximate surface area is 79.1 Å². The van der Waals surface area contributed by atoms with Crippen molar-refractivity contribution < 1.29 is 0 Å². The lowest BCUT2D eigenvalue weighted by atomic mass is 10.2. The Bertz CT molecular complexity index is 328. The Balaban J connectivity index is 2.79. The topological polar surface area (TPSA) is 29.9 Å². The van der Waals surface area contributed by atoms with Crippen LogP contribution in [-0.4, -0.2) is 23.4 Å². The number of hydrogen-bond donors (Lipinski definition) is 1. The van der Waals surface area contributed by atoms with Gasteiger partial charge in [-0.15, -0.1) is 0 Å². The zero-order chi connectivity index (χ0) is 9.68. The van der Waals surface area contributed by atoms with Crippen LogP contribution in [0.2, 0.25) is 0 Å². The third-order valence-electron chi connectivity index (χ3n) is 1.89. The van der Waals surface area contributed by atoms with Crippen LogP contribution in [0.5, 0.6) is 0 Å². The normalized spacial score (nSPS) is 9.46. The Hall–Kier alpha value is -1.27. The van der Waals surface area contributed by atoms with E-state index in [1.807, 2.05) is 24.9 Å². The SMILES string of the molecule is CCn1ncc(C#CCNC)c1C. The van der Waals surface area contributed by atoms with E-state index >= 15 is 0 Å². The monoisotopic (exact) mass is 177 g/mol. The summed E-state index contributed by atoms with van der Waals surface area (Å²) in [5, 5.41) is 7.18. The van der Waals surface area contributed by atoms with Gasteiger partial charge in [-0.3, -0.25) is 4.68 Å². The summed E-state index contributed by atoms with van der Waals surface area (Å²) in [5.41, 5.74) is 2.17. The van der Waals surface area contributed by atoms with Crippen molar-refractivity contribution in [3.05, 3.63) is 17.5 Å². The molecule has 0 fully saturated rings. The molecule has 0 unspecified atom stereocenters. The predicted molar refractivity (Wildman–Crippen MR) is 53.4 cm³/mol. The zero-order valence-corrected chi connectivity index (χ0v) is 8.39. The van der Waals surface area contributed by atoms with Crippen molar-refractivity contribution in [1.82, 2.24) is 15.1 Å². The van der Waals surface area contributed by atoms with Gasteiger partial charge in [-0.2, -0.15) is 5.10 Å². The summed E-state index contributed by atoms with van der Waals surface area (Å²) in [6, 6.07) is 0. The molecule has 0 aliphatic heterocycles. The predicted octanol–water partition coefficient (Wildman–Crippen LogP) is 0.782. The Morgan fingerprint density at radius 2 is 2.38 bits per heavy atom. The Morgan fingerprint density at radius 3 is 2.92 bits per heavy atom. The maximum atomic E-state index is 4.21. The average molecular weight is 177 g/mol. The maximum absolute atomic E-state index is 4.21. The second-order valence-corrected chi connectivity index (χ2v) is 2.79. The van der Waals surface area contributed by atoms with Crippen LogP contribution in [0.25, 0.3) is 0 Å². The summed E-state index contributed by atoms with van der Waals surface area (Å²) in [4.78, 5) is 0. The standard InChI is InChI=1S/C10H15N3/c1-4-13-9(2)10(8-12-13)6-5-7-11-3/h8,11H,4,7H2,1-3H3. The summed E-state index contributed by atoms with van der Waals surface area (Å²) < 4.78 is 1.95. The van der Waals surface area contributed by atoms with Crippen LogP contribution in [-0.2, 0) is 6.54 Å². The molecule has 0 radical (unpaired) electrons. The van der Waals surface area contributed by atoms with Crippen LogP contribution in [0.15, 0.2) is 6.20 Å². The second-order valence-electron chi connectivity index (χ2n) is 2.79. The van der Waals surface area contributed by atoms with Crippen LogP contribution >= 0.6 is 0 Å². The second kappa shape index (κ2) is 4.68. The molecule has 1 N–H and O–H groups in total. The van der Waals surface area contributed by atoms with E-state index in [1.54, 1.807) is 0 Å². The molecule has 1 aromatic rings. The first-order valence-corrected chi connectivity index (χ1v) is 4.45. The molecular weight excluding hydrogens is 162 g/mol. The van der Waals surface area contributed by atoms with Crippen molar-refractivity contribution in [2.45, 2.75) is 20.4 Å². The molecule has 1 rings (SSSR count). The van der Waals surface area contributed by atoms with Crippen LogP contribution < -0.4 is 5.32 Å². The van der Waals surface area contributed by atoms with Crippen LogP contribution in [0.3, 0.4) is 0 Å². The van der Waals surface area contributed by atoms with E-state index < -0.39 is 0 Å². The third kappa shape index (κ3) is 2.33. The van der Waals surface area contributed by atoms with Crippen molar-refractivity contribution in [2.24, 2.45) is 0 Å². The molecule has 0 bridgehead atoms. The number of hydrogen-bond acceptors (Lipinski definition) is 2. The molecule has 0 saturated heterocycles. The molecule has 0 aliphatic carbocycles. The van der Waals surface area contributed by atoms with Gasteiger partial charge in [0.05, 0.1) is 24.0 Å². The third-order valence-corrected chi connectivity index (χ3v) is 1.89. The highest BCUT2D eigenvalue weighted by molar-refractivity contribution is 5.36. The number of nitrogens with zero attached hydrogens (tertiary/aromatic N) is 2. The fourth-order valence-electron chi connectivity index (χ4n) is 1.12. The summed E-state index contributed by atoms with van der Waals surface area (Å²) in [6.45, 7) is 5.74. The van der Waals surface area contributed by atoms with Crippen LogP contribution in [0.4, 0.5) is 0 Å². The molecule has 70 valence electrons. The molecule has 0 spiro atoms. The number of nitrogens with one attached hydrogen (secondary N) is 1. The summed E-state index contributed by atoms with van der Waals surface area (Å²) in [7, 11) is 1.89. The van der Waals surface area contributed by atoms with E-state index in [0.29, 0.717) is 0 Å². The van der Waals surface area contributed by atoms with E-state index in [0.717, 1.165) is 24.3 Å². The van der Waals surface area contributed by atoms with Crippen molar-refractivity contribution in [3.8, 4) is 11.8 Å². The Kier molecular flexibility index (Phi) is 3.53. The van der Waals surface area contributed by atoms with Gasteiger partial charge in [0.15, 0.2) is 0 Å². The number of aromatic nitrogens is 2. The lowest BCUT2D eigenvalue weighted by Gasteiger charge is -1.97. The van der Waals surface area contributed by atoms with E-state index in [2.05, 4.69) is 29.2 Å². The molecule has 3 nitrogen and oxygen atoms in total. The minimum absolute atomic E-state index is 0.719. The van der Waals surface area contributed by atoms with Crippen molar-refractivity contribution >= 4 is 0 Å². The molecular formula is C10H15N3. The van der Waals surface area contributed by atoms with Gasteiger partial charge in [0, 0.05) is 6.54 Å². The number of rotatable bonds is 2. The smallest absolute Gasteiger partial charge is 0.0655 e. The molecule has 0 amide bonds. The van der Waals surface area contributed by atoms with E-state index in [-0.39, 0.29) is 0 Å². The quantitative estimate of drug-likeness (QED) is 0.677. The van der Waals surface area contributed by atoms with Crippen molar-refractivity contribution in [1.29, 1.82) is 0 Å². The fraction of sp³-hybridized carbons (Fsp3) is 0.500. The van der Waals surface area contributed by atoms with Gasteiger partial charge in [0.25, 0.3) is 0 Å². The summed E-state index contributed by atoms with van der Waals surface area (Å²) in [5.74, 6) is 6.09. The fourth-order valence-corrected chi connectivity index (χ4v) is 1.12.